The minimum Gasteiger partial charge on any atom is -0.341 e. The number of rotatable bonds is 4. The van der Waals surface area contributed by atoms with Crippen LogP contribution in [0.1, 0.15) is 37.1 Å². The van der Waals surface area contributed by atoms with E-state index in [1.54, 1.807) is 0 Å². The second kappa shape index (κ2) is 7.06. The Morgan fingerprint density at radius 1 is 1.19 bits per heavy atom. The van der Waals surface area contributed by atoms with Crippen LogP contribution in [0.2, 0.25) is 0 Å². The summed E-state index contributed by atoms with van der Waals surface area (Å²) in [4.78, 5) is 26.6. The van der Waals surface area contributed by atoms with E-state index in [1.807, 2.05) is 17.2 Å². The number of benzene rings is 1. The standard InChI is InChI=1S/C21H26N4O/c1-3-24(4-2)21-22-14-17-13-16(9-10-18(17)23-21)20(26)25-12-11-15-7-5-6-8-19(15)25/h5-8,14,16H,3-4,9-13H2,1-2H3. The van der Waals surface area contributed by atoms with E-state index in [1.165, 1.54) is 5.56 Å². The van der Waals surface area contributed by atoms with Gasteiger partial charge in [-0.25, -0.2) is 9.97 Å². The third-order valence-corrected chi connectivity index (χ3v) is 5.69. The normalized spacial score (nSPS) is 18.4. The number of amides is 1. The Morgan fingerprint density at radius 3 is 2.81 bits per heavy atom. The minimum absolute atomic E-state index is 0.0385. The Hall–Kier alpha value is -2.43. The molecule has 0 N–H and O–H groups in total. The van der Waals surface area contributed by atoms with Gasteiger partial charge in [0.25, 0.3) is 0 Å². The van der Waals surface area contributed by atoms with Gasteiger partial charge in [0.1, 0.15) is 0 Å². The van der Waals surface area contributed by atoms with Crippen LogP contribution in [0.25, 0.3) is 0 Å². The number of carbonyl (C=O) groups excluding carboxylic acids is 1. The molecular weight excluding hydrogens is 324 g/mol. The smallest absolute Gasteiger partial charge is 0.230 e. The molecule has 0 fully saturated rings. The van der Waals surface area contributed by atoms with Gasteiger partial charge in [0.15, 0.2) is 0 Å². The number of para-hydroxylation sites is 1. The summed E-state index contributed by atoms with van der Waals surface area (Å²) >= 11 is 0. The van der Waals surface area contributed by atoms with Gasteiger partial charge in [0, 0.05) is 43.1 Å². The molecule has 1 aromatic heterocycles. The highest BCUT2D eigenvalue weighted by Crippen LogP contribution is 2.32. The van der Waals surface area contributed by atoms with Crippen molar-refractivity contribution >= 4 is 17.5 Å². The molecule has 5 nitrogen and oxygen atoms in total. The molecule has 1 atom stereocenters. The van der Waals surface area contributed by atoms with Crippen molar-refractivity contribution in [1.82, 2.24) is 9.97 Å². The highest BCUT2D eigenvalue weighted by Gasteiger charge is 2.33. The maximum atomic E-state index is 13.1. The summed E-state index contributed by atoms with van der Waals surface area (Å²) in [6, 6.07) is 8.26. The van der Waals surface area contributed by atoms with E-state index in [0.29, 0.717) is 0 Å². The van der Waals surface area contributed by atoms with Crippen LogP contribution in [0.5, 0.6) is 0 Å². The van der Waals surface area contributed by atoms with Crippen molar-refractivity contribution in [3.05, 3.63) is 47.3 Å². The number of hydrogen-bond donors (Lipinski definition) is 0. The number of hydrogen-bond acceptors (Lipinski definition) is 4. The molecule has 1 unspecified atom stereocenters. The first-order chi connectivity index (χ1) is 12.7. The first-order valence-corrected chi connectivity index (χ1v) is 9.70. The zero-order valence-electron chi connectivity index (χ0n) is 15.6. The Labute approximate surface area is 155 Å². The fraction of sp³-hybridized carbons (Fsp3) is 0.476. The van der Waals surface area contributed by atoms with Crippen molar-refractivity contribution < 1.29 is 4.79 Å². The molecule has 2 aromatic rings. The average molecular weight is 350 g/mol. The van der Waals surface area contributed by atoms with E-state index in [-0.39, 0.29) is 11.8 Å². The highest BCUT2D eigenvalue weighted by atomic mass is 16.2. The van der Waals surface area contributed by atoms with Crippen molar-refractivity contribution in [3.63, 3.8) is 0 Å². The zero-order chi connectivity index (χ0) is 18.1. The van der Waals surface area contributed by atoms with Crippen molar-refractivity contribution in [3.8, 4) is 0 Å². The fourth-order valence-electron chi connectivity index (χ4n) is 4.15. The van der Waals surface area contributed by atoms with E-state index < -0.39 is 0 Å². The topological polar surface area (TPSA) is 49.3 Å². The second-order valence-electron chi connectivity index (χ2n) is 7.12. The highest BCUT2D eigenvalue weighted by molar-refractivity contribution is 5.97. The lowest BCUT2D eigenvalue weighted by atomic mass is 9.86. The molecule has 2 heterocycles. The van der Waals surface area contributed by atoms with Gasteiger partial charge in [-0.1, -0.05) is 18.2 Å². The minimum atomic E-state index is 0.0385. The summed E-state index contributed by atoms with van der Waals surface area (Å²) in [6.07, 6.45) is 5.39. The molecule has 1 amide bonds. The molecule has 136 valence electrons. The molecule has 26 heavy (non-hydrogen) atoms. The molecule has 0 saturated carbocycles. The van der Waals surface area contributed by atoms with Crippen LogP contribution < -0.4 is 9.80 Å². The van der Waals surface area contributed by atoms with E-state index in [9.17, 15) is 4.79 Å². The predicted molar refractivity (Wildman–Crippen MR) is 104 cm³/mol. The lowest BCUT2D eigenvalue weighted by Gasteiger charge is -2.28. The molecule has 1 aromatic carbocycles. The summed E-state index contributed by atoms with van der Waals surface area (Å²) in [6.45, 7) is 6.86. The van der Waals surface area contributed by atoms with Crippen molar-refractivity contribution in [2.75, 3.05) is 29.4 Å². The van der Waals surface area contributed by atoms with Gasteiger partial charge < -0.3 is 9.80 Å². The number of aryl methyl sites for hydroxylation is 1. The molecule has 1 aliphatic carbocycles. The van der Waals surface area contributed by atoms with Gasteiger partial charge in [-0.3, -0.25) is 4.79 Å². The fourth-order valence-corrected chi connectivity index (χ4v) is 4.15. The number of anilines is 2. The molecule has 0 radical (unpaired) electrons. The molecule has 0 bridgehead atoms. The van der Waals surface area contributed by atoms with Crippen molar-refractivity contribution in [2.24, 2.45) is 5.92 Å². The lowest BCUT2D eigenvalue weighted by Crippen LogP contribution is -2.37. The summed E-state index contributed by atoms with van der Waals surface area (Å²) in [5.41, 5.74) is 4.63. The van der Waals surface area contributed by atoms with Crippen LogP contribution in [-0.2, 0) is 24.1 Å². The van der Waals surface area contributed by atoms with Crippen molar-refractivity contribution in [2.45, 2.75) is 39.5 Å². The Morgan fingerprint density at radius 2 is 2.00 bits per heavy atom. The zero-order valence-corrected chi connectivity index (χ0v) is 15.6. The maximum absolute atomic E-state index is 13.1. The predicted octanol–water partition coefficient (Wildman–Crippen LogP) is 3.02. The molecule has 0 spiro atoms. The average Bonchev–Trinajstić information content (AvgIpc) is 3.12. The van der Waals surface area contributed by atoms with Crippen LogP contribution >= 0.6 is 0 Å². The van der Waals surface area contributed by atoms with Gasteiger partial charge in [-0.2, -0.15) is 0 Å². The van der Waals surface area contributed by atoms with Gasteiger partial charge in [-0.05, 0) is 56.7 Å². The first-order valence-electron chi connectivity index (χ1n) is 9.70. The van der Waals surface area contributed by atoms with Crippen LogP contribution in [0.3, 0.4) is 0 Å². The SMILES string of the molecule is CCN(CC)c1ncc2c(n1)CCC(C(=O)N1CCc3ccccc31)C2. The van der Waals surface area contributed by atoms with Crippen LogP contribution in [0.4, 0.5) is 11.6 Å². The van der Waals surface area contributed by atoms with Crippen LogP contribution in [0, 0.1) is 5.92 Å². The third-order valence-electron chi connectivity index (χ3n) is 5.69. The summed E-state index contributed by atoms with van der Waals surface area (Å²) < 4.78 is 0. The van der Waals surface area contributed by atoms with E-state index in [2.05, 4.69) is 41.9 Å². The molecule has 2 aliphatic rings. The number of nitrogens with zero attached hydrogens (tertiary/aromatic N) is 4. The number of carbonyl (C=O) groups is 1. The van der Waals surface area contributed by atoms with Crippen LogP contribution in [-0.4, -0.2) is 35.5 Å². The maximum Gasteiger partial charge on any atom is 0.230 e. The van der Waals surface area contributed by atoms with E-state index in [0.717, 1.165) is 68.2 Å². The molecule has 4 rings (SSSR count). The van der Waals surface area contributed by atoms with Crippen molar-refractivity contribution in [1.29, 1.82) is 0 Å². The lowest BCUT2D eigenvalue weighted by molar-refractivity contribution is -0.122. The Balaban J connectivity index is 1.51. The molecule has 1 aliphatic heterocycles. The third kappa shape index (κ3) is 2.96. The largest absolute Gasteiger partial charge is 0.341 e. The van der Waals surface area contributed by atoms with Gasteiger partial charge >= 0.3 is 0 Å². The molecule has 0 saturated heterocycles. The van der Waals surface area contributed by atoms with Crippen LogP contribution in [0.15, 0.2) is 30.5 Å². The van der Waals surface area contributed by atoms with E-state index in [4.69, 9.17) is 4.98 Å². The monoisotopic (exact) mass is 350 g/mol. The number of aromatic nitrogens is 2. The van der Waals surface area contributed by atoms with Gasteiger partial charge in [0.05, 0.1) is 0 Å². The number of fused-ring (bicyclic) bond motifs is 2. The quantitative estimate of drug-likeness (QED) is 0.850. The van der Waals surface area contributed by atoms with E-state index >= 15 is 0 Å². The Kier molecular flexibility index (Phi) is 4.62. The first kappa shape index (κ1) is 17.0. The summed E-state index contributed by atoms with van der Waals surface area (Å²) in [5, 5.41) is 0. The second-order valence-corrected chi connectivity index (χ2v) is 7.12. The summed E-state index contributed by atoms with van der Waals surface area (Å²) in [7, 11) is 0. The Bertz CT molecular complexity index is 815. The summed E-state index contributed by atoms with van der Waals surface area (Å²) in [5.74, 6) is 1.11. The van der Waals surface area contributed by atoms with Gasteiger partial charge in [-0.15, -0.1) is 0 Å². The molecular formula is C21H26N4O. The molecule has 5 heteroatoms. The van der Waals surface area contributed by atoms with Gasteiger partial charge in [0.2, 0.25) is 11.9 Å².